The van der Waals surface area contributed by atoms with Gasteiger partial charge in [0.2, 0.25) is 0 Å². The Hall–Kier alpha value is -3.22. The van der Waals surface area contributed by atoms with Crippen molar-refractivity contribution in [3.63, 3.8) is 0 Å². The SMILES string of the molecule is Cc1c(C(=O)Nc2cccc(-c3nnc4n3CCCCC4)c2)oc2c1C(=O)CC(C)(C)C2. The minimum absolute atomic E-state index is 0.0473. The van der Waals surface area contributed by atoms with Crippen LogP contribution in [0, 0.1) is 12.3 Å². The number of benzene rings is 1. The molecule has 1 N–H and O–H groups in total. The lowest BCUT2D eigenvalue weighted by atomic mass is 9.76. The fourth-order valence-electron chi connectivity index (χ4n) is 4.92. The van der Waals surface area contributed by atoms with Gasteiger partial charge < -0.3 is 14.3 Å². The Morgan fingerprint density at radius 2 is 2.00 bits per heavy atom. The summed E-state index contributed by atoms with van der Waals surface area (Å²) in [7, 11) is 0. The van der Waals surface area contributed by atoms with Crippen LogP contribution in [-0.2, 0) is 19.4 Å². The summed E-state index contributed by atoms with van der Waals surface area (Å²) in [5.41, 5.74) is 2.60. The van der Waals surface area contributed by atoms with Gasteiger partial charge in [-0.25, -0.2) is 0 Å². The highest BCUT2D eigenvalue weighted by molar-refractivity contribution is 6.07. The van der Waals surface area contributed by atoms with E-state index < -0.39 is 0 Å². The van der Waals surface area contributed by atoms with Crippen molar-refractivity contribution in [3.05, 3.63) is 52.7 Å². The van der Waals surface area contributed by atoms with Crippen molar-refractivity contribution in [2.24, 2.45) is 5.41 Å². The minimum atomic E-state index is -0.347. The minimum Gasteiger partial charge on any atom is -0.455 e. The number of nitrogens with zero attached hydrogens (tertiary/aromatic N) is 3. The number of ketones is 1. The molecule has 0 spiro atoms. The van der Waals surface area contributed by atoms with Gasteiger partial charge >= 0.3 is 0 Å². The Bertz CT molecular complexity index is 1220. The molecule has 0 unspecified atom stereocenters. The molecule has 3 heterocycles. The lowest BCUT2D eigenvalue weighted by Crippen LogP contribution is -2.26. The molecule has 0 atom stereocenters. The monoisotopic (exact) mass is 432 g/mol. The van der Waals surface area contributed by atoms with E-state index in [0.29, 0.717) is 35.4 Å². The van der Waals surface area contributed by atoms with Crippen LogP contribution in [-0.4, -0.2) is 26.5 Å². The molecule has 5 rings (SSSR count). The van der Waals surface area contributed by atoms with E-state index in [4.69, 9.17) is 4.42 Å². The Morgan fingerprint density at radius 1 is 1.16 bits per heavy atom. The zero-order valence-corrected chi connectivity index (χ0v) is 18.8. The maximum Gasteiger partial charge on any atom is 0.291 e. The molecule has 0 fully saturated rings. The first-order chi connectivity index (χ1) is 15.3. The predicted molar refractivity (Wildman–Crippen MR) is 121 cm³/mol. The van der Waals surface area contributed by atoms with Gasteiger partial charge in [0, 0.05) is 42.6 Å². The number of hydrogen-bond donors (Lipinski definition) is 1. The smallest absolute Gasteiger partial charge is 0.291 e. The van der Waals surface area contributed by atoms with E-state index in [1.54, 1.807) is 6.92 Å². The molecule has 0 radical (unpaired) electrons. The second-order valence-electron chi connectivity index (χ2n) is 9.73. The van der Waals surface area contributed by atoms with Crippen molar-refractivity contribution < 1.29 is 14.0 Å². The number of aromatic nitrogens is 3. The van der Waals surface area contributed by atoms with Gasteiger partial charge in [-0.3, -0.25) is 9.59 Å². The highest BCUT2D eigenvalue weighted by atomic mass is 16.4. The van der Waals surface area contributed by atoms with Crippen LogP contribution >= 0.6 is 0 Å². The molecule has 7 nitrogen and oxygen atoms in total. The topological polar surface area (TPSA) is 90.0 Å². The largest absolute Gasteiger partial charge is 0.455 e. The zero-order chi connectivity index (χ0) is 22.5. The molecule has 3 aromatic rings. The van der Waals surface area contributed by atoms with Crippen LogP contribution in [0.5, 0.6) is 0 Å². The third-order valence-electron chi connectivity index (χ3n) is 6.47. The van der Waals surface area contributed by atoms with Gasteiger partial charge in [-0.15, -0.1) is 10.2 Å². The van der Waals surface area contributed by atoms with Crippen LogP contribution < -0.4 is 5.32 Å². The molecular weight excluding hydrogens is 404 g/mol. The van der Waals surface area contributed by atoms with Gasteiger partial charge in [0.15, 0.2) is 17.4 Å². The van der Waals surface area contributed by atoms with Gasteiger partial charge in [-0.05, 0) is 37.3 Å². The molecule has 1 amide bonds. The van der Waals surface area contributed by atoms with Gasteiger partial charge in [0.1, 0.15) is 11.6 Å². The lowest BCUT2D eigenvalue weighted by molar-refractivity contribution is 0.0898. The van der Waals surface area contributed by atoms with E-state index in [0.717, 1.165) is 43.0 Å². The van der Waals surface area contributed by atoms with Crippen molar-refractivity contribution >= 4 is 17.4 Å². The Labute approximate surface area is 187 Å². The van der Waals surface area contributed by atoms with Gasteiger partial charge in [-0.2, -0.15) is 0 Å². The lowest BCUT2D eigenvalue weighted by Gasteiger charge is -2.27. The average molecular weight is 433 g/mol. The van der Waals surface area contributed by atoms with Crippen molar-refractivity contribution in [2.45, 2.75) is 65.8 Å². The standard InChI is InChI=1S/C25H28N4O3/c1-15-21-18(30)13-25(2,3)14-19(21)32-22(15)24(31)26-17-9-7-8-16(12-17)23-28-27-20-10-5-4-6-11-29(20)23/h7-9,12H,4-6,10-11,13-14H2,1-3H3,(H,26,31). The first-order valence-corrected chi connectivity index (χ1v) is 11.3. The van der Waals surface area contributed by atoms with Crippen molar-refractivity contribution in [2.75, 3.05) is 5.32 Å². The van der Waals surface area contributed by atoms with E-state index >= 15 is 0 Å². The number of aryl methyl sites for hydroxylation is 1. The van der Waals surface area contributed by atoms with Crippen LogP contribution in [0.1, 0.15) is 77.6 Å². The number of anilines is 1. The normalized spacial score (nSPS) is 17.4. The van der Waals surface area contributed by atoms with E-state index in [1.807, 2.05) is 38.1 Å². The molecule has 0 bridgehead atoms. The zero-order valence-electron chi connectivity index (χ0n) is 18.8. The van der Waals surface area contributed by atoms with Crippen LogP contribution in [0.3, 0.4) is 0 Å². The van der Waals surface area contributed by atoms with E-state index in [-0.39, 0.29) is 22.9 Å². The number of nitrogens with one attached hydrogen (secondary N) is 1. The number of rotatable bonds is 3. The predicted octanol–water partition coefficient (Wildman–Crippen LogP) is 4.98. The van der Waals surface area contributed by atoms with Crippen molar-refractivity contribution in [1.29, 1.82) is 0 Å². The summed E-state index contributed by atoms with van der Waals surface area (Å²) in [5, 5.41) is 11.7. The van der Waals surface area contributed by atoms with Crippen LogP contribution in [0.25, 0.3) is 11.4 Å². The molecule has 1 aliphatic heterocycles. The molecule has 32 heavy (non-hydrogen) atoms. The summed E-state index contributed by atoms with van der Waals surface area (Å²) in [6, 6.07) is 7.63. The molecule has 0 saturated heterocycles. The number of Topliss-reactive ketones (excluding diaryl/α,β-unsaturated/α-hetero) is 1. The fourth-order valence-corrected chi connectivity index (χ4v) is 4.92. The number of amides is 1. The quantitative estimate of drug-likeness (QED) is 0.630. The fraction of sp³-hybridized carbons (Fsp3) is 0.440. The number of fused-ring (bicyclic) bond motifs is 2. The molecule has 0 saturated carbocycles. The summed E-state index contributed by atoms with van der Waals surface area (Å²) in [6.45, 7) is 6.79. The number of hydrogen-bond acceptors (Lipinski definition) is 5. The molecule has 1 aromatic carbocycles. The number of furan rings is 1. The summed E-state index contributed by atoms with van der Waals surface area (Å²) < 4.78 is 8.09. The first-order valence-electron chi connectivity index (χ1n) is 11.3. The third-order valence-corrected chi connectivity index (χ3v) is 6.47. The molecule has 166 valence electrons. The summed E-state index contributed by atoms with van der Waals surface area (Å²) in [6.07, 6.45) is 5.51. The maximum absolute atomic E-state index is 13.0. The molecular formula is C25H28N4O3. The second-order valence-corrected chi connectivity index (χ2v) is 9.73. The van der Waals surface area contributed by atoms with E-state index in [2.05, 4.69) is 20.1 Å². The second kappa shape index (κ2) is 7.73. The highest BCUT2D eigenvalue weighted by Gasteiger charge is 2.37. The average Bonchev–Trinajstić information content (AvgIpc) is 3.19. The van der Waals surface area contributed by atoms with Crippen LogP contribution in [0.2, 0.25) is 0 Å². The van der Waals surface area contributed by atoms with Crippen LogP contribution in [0.15, 0.2) is 28.7 Å². The first kappa shape index (κ1) is 20.7. The number of carbonyl (C=O) groups excluding carboxylic acids is 2. The Balaban J connectivity index is 1.41. The van der Waals surface area contributed by atoms with Gasteiger partial charge in [0.05, 0.1) is 5.56 Å². The molecule has 7 heteroatoms. The number of carbonyl (C=O) groups is 2. The van der Waals surface area contributed by atoms with Crippen molar-refractivity contribution in [1.82, 2.24) is 14.8 Å². The highest BCUT2D eigenvalue weighted by Crippen LogP contribution is 2.38. The maximum atomic E-state index is 13.0. The van der Waals surface area contributed by atoms with Crippen LogP contribution in [0.4, 0.5) is 5.69 Å². The molecule has 1 aliphatic carbocycles. The Kier molecular flexibility index (Phi) is 4.99. The van der Waals surface area contributed by atoms with Gasteiger partial charge in [-0.1, -0.05) is 32.4 Å². The van der Waals surface area contributed by atoms with Crippen molar-refractivity contribution in [3.8, 4) is 11.4 Å². The molecule has 2 aliphatic rings. The summed E-state index contributed by atoms with van der Waals surface area (Å²) in [5.74, 6) is 2.38. The van der Waals surface area contributed by atoms with E-state index in [1.165, 1.54) is 6.42 Å². The molecule has 2 aromatic heterocycles. The van der Waals surface area contributed by atoms with E-state index in [9.17, 15) is 9.59 Å². The Morgan fingerprint density at radius 3 is 2.84 bits per heavy atom. The van der Waals surface area contributed by atoms with Gasteiger partial charge in [0.25, 0.3) is 5.91 Å². The third kappa shape index (κ3) is 3.66. The summed E-state index contributed by atoms with van der Waals surface area (Å²) >= 11 is 0. The summed E-state index contributed by atoms with van der Waals surface area (Å²) in [4.78, 5) is 25.7.